The molecular formula is C51H30N4S. The van der Waals surface area contributed by atoms with Crippen LogP contribution in [0.5, 0.6) is 0 Å². The Kier molecular flexibility index (Phi) is 6.76. The molecule has 56 heavy (non-hydrogen) atoms. The highest BCUT2D eigenvalue weighted by molar-refractivity contribution is 7.26. The Labute approximate surface area is 325 Å². The molecule has 0 aliphatic carbocycles. The fourth-order valence-electron chi connectivity index (χ4n) is 8.52. The van der Waals surface area contributed by atoms with Gasteiger partial charge < -0.3 is 4.57 Å². The van der Waals surface area contributed by atoms with Crippen molar-refractivity contribution in [2.75, 3.05) is 0 Å². The first-order chi connectivity index (χ1) is 27.7. The normalized spacial score (nSPS) is 11.9. The summed E-state index contributed by atoms with van der Waals surface area (Å²) in [6.45, 7) is 0. The molecule has 0 saturated heterocycles. The Morgan fingerprint density at radius 1 is 0.375 bits per heavy atom. The molecule has 12 rings (SSSR count). The van der Waals surface area contributed by atoms with Gasteiger partial charge in [-0.2, -0.15) is 0 Å². The summed E-state index contributed by atoms with van der Waals surface area (Å²) >= 11 is 1.84. The van der Waals surface area contributed by atoms with Crippen LogP contribution in [0.1, 0.15) is 0 Å². The molecule has 12 aromatic rings. The number of fused-ring (bicyclic) bond motifs is 10. The molecule has 3 heterocycles. The second kappa shape index (κ2) is 12.2. The first-order valence-electron chi connectivity index (χ1n) is 18.8. The van der Waals surface area contributed by atoms with E-state index < -0.39 is 0 Å². The molecule has 0 unspecified atom stereocenters. The van der Waals surface area contributed by atoms with Gasteiger partial charge in [-0.3, -0.25) is 0 Å². The number of hydrogen-bond acceptors (Lipinski definition) is 4. The maximum atomic E-state index is 5.28. The molecule has 0 aliphatic heterocycles. The topological polar surface area (TPSA) is 43.6 Å². The maximum Gasteiger partial charge on any atom is 0.164 e. The van der Waals surface area contributed by atoms with E-state index in [2.05, 4.69) is 168 Å². The largest absolute Gasteiger partial charge is 0.309 e. The number of benzene rings is 9. The van der Waals surface area contributed by atoms with Gasteiger partial charge in [0.25, 0.3) is 0 Å². The van der Waals surface area contributed by atoms with Crippen LogP contribution in [0.15, 0.2) is 182 Å². The highest BCUT2D eigenvalue weighted by Gasteiger charge is 2.21. The third kappa shape index (κ3) is 4.81. The number of hydrogen-bond donors (Lipinski definition) is 0. The Morgan fingerprint density at radius 2 is 1.02 bits per heavy atom. The summed E-state index contributed by atoms with van der Waals surface area (Å²) in [7, 11) is 0. The lowest BCUT2D eigenvalue weighted by Crippen LogP contribution is -2.00. The minimum Gasteiger partial charge on any atom is -0.309 e. The molecule has 4 nitrogen and oxygen atoms in total. The second-order valence-electron chi connectivity index (χ2n) is 14.4. The smallest absolute Gasteiger partial charge is 0.164 e. The number of rotatable bonds is 4. The first kappa shape index (κ1) is 31.2. The fourth-order valence-corrected chi connectivity index (χ4v) is 9.82. The monoisotopic (exact) mass is 730 g/mol. The lowest BCUT2D eigenvalue weighted by molar-refractivity contribution is 1.08. The van der Waals surface area contributed by atoms with Gasteiger partial charge in [-0.25, -0.2) is 15.0 Å². The molecule has 0 saturated carbocycles. The molecule has 260 valence electrons. The van der Waals surface area contributed by atoms with Gasteiger partial charge in [0.1, 0.15) is 0 Å². The van der Waals surface area contributed by atoms with E-state index in [0.717, 1.165) is 38.5 Å². The summed E-state index contributed by atoms with van der Waals surface area (Å²) in [5.74, 6) is 1.97. The van der Waals surface area contributed by atoms with Gasteiger partial charge in [0, 0.05) is 53.3 Å². The third-order valence-corrected chi connectivity index (χ3v) is 12.3. The fraction of sp³-hybridized carbons (Fsp3) is 0. The first-order valence-corrected chi connectivity index (χ1v) is 19.7. The van der Waals surface area contributed by atoms with Crippen molar-refractivity contribution in [2.24, 2.45) is 0 Å². The number of thiophene rings is 1. The quantitative estimate of drug-likeness (QED) is 0.181. The minimum atomic E-state index is 0.653. The summed E-state index contributed by atoms with van der Waals surface area (Å²) < 4.78 is 4.87. The highest BCUT2D eigenvalue weighted by atomic mass is 32.1. The molecule has 0 amide bonds. The van der Waals surface area contributed by atoms with Gasteiger partial charge in [-0.05, 0) is 74.8 Å². The maximum absolute atomic E-state index is 5.28. The van der Waals surface area contributed by atoms with Crippen LogP contribution >= 0.6 is 11.3 Å². The average molecular weight is 731 g/mol. The number of aromatic nitrogens is 4. The van der Waals surface area contributed by atoms with Crippen LogP contribution in [0.4, 0.5) is 0 Å². The molecule has 0 fully saturated rings. The van der Waals surface area contributed by atoms with Crippen LogP contribution in [-0.2, 0) is 0 Å². The van der Waals surface area contributed by atoms with Crippen molar-refractivity contribution in [1.29, 1.82) is 0 Å². The molecule has 0 bridgehead atoms. The molecule has 3 aromatic heterocycles. The Morgan fingerprint density at radius 3 is 1.84 bits per heavy atom. The van der Waals surface area contributed by atoms with Crippen molar-refractivity contribution in [2.45, 2.75) is 0 Å². The van der Waals surface area contributed by atoms with Crippen LogP contribution in [-0.4, -0.2) is 19.5 Å². The van der Waals surface area contributed by atoms with E-state index in [0.29, 0.717) is 17.5 Å². The molecule has 0 aliphatic rings. The minimum absolute atomic E-state index is 0.653. The summed E-state index contributed by atoms with van der Waals surface area (Å²) in [5.41, 5.74) is 6.46. The Balaban J connectivity index is 1.12. The molecule has 5 heteroatoms. The van der Waals surface area contributed by atoms with E-state index >= 15 is 0 Å². The molecule has 0 N–H and O–H groups in total. The third-order valence-electron chi connectivity index (χ3n) is 11.2. The van der Waals surface area contributed by atoms with Gasteiger partial charge in [0.15, 0.2) is 17.5 Å². The standard InChI is InChI=1S/C51H30N4S/c1-2-13-32(14-3-1)49-52-50(37-23-22-31-12-4-5-15-33(31)26-37)54-51(53-49)43-28-36-18-8-9-19-39(36)48-47(43)41-25-24-38(30-46(41)56-48)55-44-21-11-10-20-40(44)42-27-34-16-6-7-17-35(34)29-45(42)55/h1-30H. The van der Waals surface area contributed by atoms with Crippen molar-refractivity contribution < 1.29 is 0 Å². The Hall–Kier alpha value is -7.21. The van der Waals surface area contributed by atoms with E-state index in [1.165, 1.54) is 58.1 Å². The van der Waals surface area contributed by atoms with Crippen LogP contribution in [0.2, 0.25) is 0 Å². The van der Waals surface area contributed by atoms with Crippen LogP contribution in [0.3, 0.4) is 0 Å². The van der Waals surface area contributed by atoms with Gasteiger partial charge in [-0.15, -0.1) is 11.3 Å². The van der Waals surface area contributed by atoms with Gasteiger partial charge in [-0.1, -0.05) is 140 Å². The summed E-state index contributed by atoms with van der Waals surface area (Å²) in [6.07, 6.45) is 0. The van der Waals surface area contributed by atoms with E-state index in [9.17, 15) is 0 Å². The van der Waals surface area contributed by atoms with Crippen LogP contribution < -0.4 is 0 Å². The van der Waals surface area contributed by atoms with Crippen LogP contribution in [0, 0.1) is 0 Å². The van der Waals surface area contributed by atoms with E-state index in [1.807, 2.05) is 29.5 Å². The SMILES string of the molecule is c1ccc(-c2nc(-c3ccc4ccccc4c3)nc(-c3cc4ccccc4c4sc5cc(-n6c7ccccc7c7cc8ccccc8cc76)ccc5c34)n2)cc1. The van der Waals surface area contributed by atoms with Crippen molar-refractivity contribution in [3.63, 3.8) is 0 Å². The van der Waals surface area contributed by atoms with Crippen molar-refractivity contribution >= 4 is 85.6 Å². The predicted molar refractivity (Wildman–Crippen MR) is 236 cm³/mol. The van der Waals surface area contributed by atoms with Crippen molar-refractivity contribution in [3.05, 3.63) is 182 Å². The molecule has 9 aromatic carbocycles. The molecule has 0 spiro atoms. The summed E-state index contributed by atoms with van der Waals surface area (Å²) in [4.78, 5) is 15.6. The lowest BCUT2D eigenvalue weighted by atomic mass is 9.99. The zero-order valence-corrected chi connectivity index (χ0v) is 30.8. The zero-order valence-electron chi connectivity index (χ0n) is 30.0. The lowest BCUT2D eigenvalue weighted by Gasteiger charge is -2.12. The summed E-state index contributed by atoms with van der Waals surface area (Å²) in [5, 5.41) is 12.1. The van der Waals surface area contributed by atoms with Gasteiger partial charge in [0.2, 0.25) is 0 Å². The number of para-hydroxylation sites is 1. The highest BCUT2D eigenvalue weighted by Crippen LogP contribution is 2.45. The summed E-state index contributed by atoms with van der Waals surface area (Å²) in [6, 6.07) is 65.0. The van der Waals surface area contributed by atoms with Gasteiger partial charge >= 0.3 is 0 Å². The average Bonchev–Trinajstić information content (AvgIpc) is 3.81. The van der Waals surface area contributed by atoms with E-state index in [1.54, 1.807) is 0 Å². The zero-order chi connectivity index (χ0) is 36.7. The van der Waals surface area contributed by atoms with E-state index in [-0.39, 0.29) is 0 Å². The van der Waals surface area contributed by atoms with Gasteiger partial charge in [0.05, 0.1) is 11.0 Å². The Bertz CT molecular complexity index is 3540. The van der Waals surface area contributed by atoms with Crippen molar-refractivity contribution in [1.82, 2.24) is 19.5 Å². The molecule has 0 atom stereocenters. The molecular weight excluding hydrogens is 701 g/mol. The van der Waals surface area contributed by atoms with Crippen LogP contribution in [0.25, 0.3) is 114 Å². The second-order valence-corrected chi connectivity index (χ2v) is 15.5. The van der Waals surface area contributed by atoms with E-state index in [4.69, 9.17) is 15.0 Å². The molecule has 0 radical (unpaired) electrons. The number of nitrogens with zero attached hydrogens (tertiary/aromatic N) is 4. The predicted octanol–water partition coefficient (Wildman–Crippen LogP) is 13.8. The van der Waals surface area contributed by atoms with Crippen molar-refractivity contribution in [3.8, 4) is 39.9 Å².